The van der Waals surface area contributed by atoms with Gasteiger partial charge in [0.1, 0.15) is 13.2 Å². The van der Waals surface area contributed by atoms with Crippen LogP contribution in [0.4, 0.5) is 13.6 Å². The average molecular weight is 540 g/mol. The number of aromatic nitrogens is 3. The molecule has 2 atom stereocenters. The Morgan fingerprint density at radius 1 is 1.36 bits per heavy atom. The van der Waals surface area contributed by atoms with Crippen molar-refractivity contribution in [2.75, 3.05) is 26.7 Å². The zero-order valence-electron chi connectivity index (χ0n) is 20.0. The van der Waals surface area contributed by atoms with Crippen molar-refractivity contribution >= 4 is 29.5 Å². The van der Waals surface area contributed by atoms with Crippen LogP contribution in [0.5, 0.6) is 0 Å². The molecule has 2 unspecified atom stereocenters. The van der Waals surface area contributed by atoms with E-state index in [1.54, 1.807) is 16.9 Å². The molecule has 0 aliphatic carbocycles. The van der Waals surface area contributed by atoms with Gasteiger partial charge in [0.2, 0.25) is 0 Å². The van der Waals surface area contributed by atoms with Gasteiger partial charge >= 0.3 is 6.09 Å². The molecule has 5 heterocycles. The third-order valence-electron chi connectivity index (χ3n) is 7.18. The number of ether oxygens (including phenoxy) is 2. The summed E-state index contributed by atoms with van der Waals surface area (Å²) in [5, 5.41) is 6.71. The molecule has 0 saturated carbocycles. The van der Waals surface area contributed by atoms with E-state index in [0.29, 0.717) is 29.6 Å². The summed E-state index contributed by atoms with van der Waals surface area (Å²) in [4.78, 5) is 18.2. The van der Waals surface area contributed by atoms with Gasteiger partial charge in [-0.3, -0.25) is 4.90 Å². The predicted molar refractivity (Wildman–Crippen MR) is 132 cm³/mol. The third kappa shape index (κ3) is 4.85. The molecule has 2 saturated heterocycles. The van der Waals surface area contributed by atoms with Crippen LogP contribution in [0.25, 0.3) is 5.82 Å². The van der Waals surface area contributed by atoms with Gasteiger partial charge in [0.15, 0.2) is 5.82 Å². The molecule has 12 heteroatoms. The number of nitrogens with one attached hydrogen (secondary N) is 1. The lowest BCUT2D eigenvalue weighted by Crippen LogP contribution is -2.61. The van der Waals surface area contributed by atoms with Gasteiger partial charge in [-0.15, -0.1) is 11.8 Å². The summed E-state index contributed by atoms with van der Waals surface area (Å²) in [6.45, 7) is 3.59. The Hall–Kier alpha value is -2.21. The van der Waals surface area contributed by atoms with Gasteiger partial charge in [-0.05, 0) is 31.9 Å². The van der Waals surface area contributed by atoms with E-state index in [-0.39, 0.29) is 11.9 Å². The number of alkyl halides is 2. The Balaban J connectivity index is 1.26. The van der Waals surface area contributed by atoms with E-state index in [1.807, 2.05) is 19.2 Å². The average Bonchev–Trinajstić information content (AvgIpc) is 3.45. The summed E-state index contributed by atoms with van der Waals surface area (Å²) >= 11 is 7.48. The Bertz CT molecular complexity index is 1170. The number of piperidine rings is 1. The van der Waals surface area contributed by atoms with Crippen molar-refractivity contribution in [3.05, 3.63) is 51.8 Å². The number of rotatable bonds is 5. The molecule has 0 radical (unpaired) electrons. The smallest absolute Gasteiger partial charge is 0.407 e. The molecule has 194 valence electrons. The standard InChI is InChI=1S/C24H28ClF2N5O3S/c1-15-17(12-32(30-15)21-16(4-3-7-29-21)13-34-22(33)28-2)11-31-8-5-23(6-9-31)20-18(10-19(25)36-20)24(26,27)14-35-23/h3-4,7,10,12,18,20H,5-6,8-9,11,13-14H2,1-2H3,(H,28,33). The van der Waals surface area contributed by atoms with E-state index in [0.717, 1.165) is 29.9 Å². The number of hydrogen-bond donors (Lipinski definition) is 1. The molecule has 2 fully saturated rings. The number of halogens is 3. The number of allylic oxidation sites excluding steroid dienone is 1. The Labute approximate surface area is 217 Å². The van der Waals surface area contributed by atoms with Gasteiger partial charge in [0.25, 0.3) is 5.92 Å². The molecule has 1 spiro atoms. The number of thioether (sulfide) groups is 1. The highest BCUT2D eigenvalue weighted by Gasteiger charge is 2.60. The fraction of sp³-hybridized carbons (Fsp3) is 0.542. The second kappa shape index (κ2) is 9.92. The predicted octanol–water partition coefficient (Wildman–Crippen LogP) is 4.24. The van der Waals surface area contributed by atoms with E-state index in [1.165, 1.54) is 24.9 Å². The summed E-state index contributed by atoms with van der Waals surface area (Å²) in [6.07, 6.45) is 5.94. The van der Waals surface area contributed by atoms with Crippen LogP contribution in [0.3, 0.4) is 0 Å². The van der Waals surface area contributed by atoms with E-state index >= 15 is 0 Å². The molecule has 2 aromatic heterocycles. The molecule has 3 aliphatic rings. The van der Waals surface area contributed by atoms with Gasteiger partial charge in [-0.2, -0.15) is 5.10 Å². The Kier molecular flexibility index (Phi) is 7.01. The molecule has 0 aromatic carbocycles. The summed E-state index contributed by atoms with van der Waals surface area (Å²) in [5.74, 6) is -3.17. The molecule has 1 N–H and O–H groups in total. The summed E-state index contributed by atoms with van der Waals surface area (Å²) in [5.41, 5.74) is 2.06. The number of carbonyl (C=O) groups excluding carboxylic acids is 1. The van der Waals surface area contributed by atoms with E-state index in [4.69, 9.17) is 21.1 Å². The number of fused-ring (bicyclic) bond motifs is 2. The first-order valence-corrected chi connectivity index (χ1v) is 13.1. The minimum absolute atomic E-state index is 0.0728. The zero-order chi connectivity index (χ0) is 25.5. The third-order valence-corrected chi connectivity index (χ3v) is 8.91. The van der Waals surface area contributed by atoms with Gasteiger partial charge in [-0.25, -0.2) is 23.2 Å². The van der Waals surface area contributed by atoms with Gasteiger partial charge in [0, 0.05) is 50.2 Å². The molecule has 3 aliphatic heterocycles. The zero-order valence-corrected chi connectivity index (χ0v) is 21.6. The Morgan fingerprint density at radius 3 is 2.89 bits per heavy atom. The molecular weight excluding hydrogens is 512 g/mol. The molecule has 8 nitrogen and oxygen atoms in total. The highest BCUT2D eigenvalue weighted by atomic mass is 35.5. The molecule has 0 bridgehead atoms. The van der Waals surface area contributed by atoms with Crippen molar-refractivity contribution in [3.8, 4) is 5.82 Å². The van der Waals surface area contributed by atoms with Crippen LogP contribution in [0.15, 0.2) is 35.0 Å². The molecule has 1 amide bonds. The number of pyridine rings is 1. The fourth-order valence-corrected chi connectivity index (χ4v) is 6.98. The number of hydrogen-bond acceptors (Lipinski definition) is 7. The molecule has 36 heavy (non-hydrogen) atoms. The summed E-state index contributed by atoms with van der Waals surface area (Å²) in [6, 6.07) is 3.63. The quantitative estimate of drug-likeness (QED) is 0.608. The van der Waals surface area contributed by atoms with Crippen LogP contribution in [-0.2, 0) is 22.6 Å². The van der Waals surface area contributed by atoms with Crippen LogP contribution < -0.4 is 5.32 Å². The second-order valence-corrected chi connectivity index (χ2v) is 11.2. The number of aryl methyl sites for hydroxylation is 1. The van der Waals surface area contributed by atoms with Crippen LogP contribution >= 0.6 is 23.4 Å². The van der Waals surface area contributed by atoms with Crippen LogP contribution in [0.2, 0.25) is 0 Å². The normalized spacial score (nSPS) is 24.9. The minimum atomic E-state index is -2.89. The van der Waals surface area contributed by atoms with Crippen LogP contribution in [-0.4, -0.2) is 69.3 Å². The SMILES string of the molecule is CNC(=O)OCc1cccnc1-n1cc(CN2CCC3(CC2)OCC(F)(F)C2C=C(Cl)SC23)c(C)n1. The first kappa shape index (κ1) is 25.4. The van der Waals surface area contributed by atoms with E-state index in [2.05, 4.69) is 20.3 Å². The number of alkyl carbamates (subject to hydrolysis) is 1. The van der Waals surface area contributed by atoms with Crippen molar-refractivity contribution < 1.29 is 23.0 Å². The van der Waals surface area contributed by atoms with Gasteiger partial charge in [-0.1, -0.05) is 17.7 Å². The lowest BCUT2D eigenvalue weighted by Gasteiger charge is -2.51. The second-order valence-electron chi connectivity index (χ2n) is 9.42. The topological polar surface area (TPSA) is 81.5 Å². The van der Waals surface area contributed by atoms with Gasteiger partial charge in [0.05, 0.1) is 26.8 Å². The lowest BCUT2D eigenvalue weighted by atomic mass is 9.77. The molecule has 2 aromatic rings. The molecular formula is C24H28ClF2N5O3S. The van der Waals surface area contributed by atoms with Crippen molar-refractivity contribution in [2.45, 2.75) is 49.7 Å². The van der Waals surface area contributed by atoms with Crippen molar-refractivity contribution in [1.82, 2.24) is 25.0 Å². The highest BCUT2D eigenvalue weighted by molar-refractivity contribution is 8.05. The highest BCUT2D eigenvalue weighted by Crippen LogP contribution is 2.56. The Morgan fingerprint density at radius 2 is 2.14 bits per heavy atom. The maximum absolute atomic E-state index is 14.5. The van der Waals surface area contributed by atoms with E-state index < -0.39 is 30.1 Å². The first-order valence-electron chi connectivity index (χ1n) is 11.8. The van der Waals surface area contributed by atoms with Crippen molar-refractivity contribution in [3.63, 3.8) is 0 Å². The summed E-state index contributed by atoms with van der Waals surface area (Å²) < 4.78 is 42.1. The monoisotopic (exact) mass is 539 g/mol. The number of likely N-dealkylation sites (tertiary alicyclic amines) is 1. The minimum Gasteiger partial charge on any atom is -0.445 e. The van der Waals surface area contributed by atoms with Crippen LogP contribution in [0.1, 0.15) is 29.7 Å². The molecule has 5 rings (SSSR count). The summed E-state index contributed by atoms with van der Waals surface area (Å²) in [7, 11) is 1.50. The number of nitrogens with zero attached hydrogens (tertiary/aromatic N) is 4. The van der Waals surface area contributed by atoms with Crippen LogP contribution in [0, 0.1) is 12.8 Å². The lowest BCUT2D eigenvalue weighted by molar-refractivity contribution is -0.215. The maximum atomic E-state index is 14.5. The number of carbonyl (C=O) groups is 1. The first-order chi connectivity index (χ1) is 17.2. The van der Waals surface area contributed by atoms with E-state index in [9.17, 15) is 13.6 Å². The maximum Gasteiger partial charge on any atom is 0.407 e. The number of amides is 1. The van der Waals surface area contributed by atoms with Crippen molar-refractivity contribution in [2.24, 2.45) is 5.92 Å². The fourth-order valence-electron chi connectivity index (χ4n) is 5.14. The largest absolute Gasteiger partial charge is 0.445 e. The van der Waals surface area contributed by atoms with Gasteiger partial charge < -0.3 is 14.8 Å². The van der Waals surface area contributed by atoms with Crippen molar-refractivity contribution in [1.29, 1.82) is 0 Å².